The van der Waals surface area contributed by atoms with Gasteiger partial charge in [-0.3, -0.25) is 4.57 Å². The van der Waals surface area contributed by atoms with E-state index < -0.39 is 0 Å². The number of nitriles is 1. The molecule has 25 heavy (non-hydrogen) atoms. The smallest absolute Gasteiger partial charge is 0.140 e. The number of anilines is 2. The van der Waals surface area contributed by atoms with Crippen molar-refractivity contribution in [2.45, 2.75) is 0 Å². The van der Waals surface area contributed by atoms with E-state index in [1.807, 2.05) is 41.1 Å². The van der Waals surface area contributed by atoms with E-state index in [1.54, 1.807) is 18.7 Å². The van der Waals surface area contributed by atoms with E-state index in [2.05, 4.69) is 25.8 Å². The van der Waals surface area contributed by atoms with Crippen molar-refractivity contribution >= 4 is 11.6 Å². The number of aromatic nitrogens is 4. The average molecular weight is 331 g/mol. The van der Waals surface area contributed by atoms with Crippen molar-refractivity contribution in [3.8, 4) is 11.9 Å². The summed E-state index contributed by atoms with van der Waals surface area (Å²) in [7, 11) is 0. The maximum atomic E-state index is 8.87. The van der Waals surface area contributed by atoms with Crippen molar-refractivity contribution in [3.63, 3.8) is 0 Å². The Bertz CT molecular complexity index is 873. The van der Waals surface area contributed by atoms with Crippen LogP contribution in [0.15, 0.2) is 55.2 Å². The topological polar surface area (TPSA) is 73.9 Å². The van der Waals surface area contributed by atoms with Gasteiger partial charge in [0, 0.05) is 44.8 Å². The SMILES string of the molecule is N#Cc1ccc(N2CCN(c3cccc(-n4ccnc4)n3)CC2)nc1. The fraction of sp³-hybridized carbons (Fsp3) is 0.222. The second-order valence-electron chi connectivity index (χ2n) is 5.81. The lowest BCUT2D eigenvalue weighted by molar-refractivity contribution is 0.641. The van der Waals surface area contributed by atoms with Gasteiger partial charge in [-0.1, -0.05) is 6.07 Å². The van der Waals surface area contributed by atoms with E-state index in [9.17, 15) is 0 Å². The van der Waals surface area contributed by atoms with E-state index in [1.165, 1.54) is 0 Å². The number of nitrogens with zero attached hydrogens (tertiary/aromatic N) is 7. The highest BCUT2D eigenvalue weighted by atomic mass is 15.3. The van der Waals surface area contributed by atoms with E-state index in [4.69, 9.17) is 10.2 Å². The number of imidazole rings is 1. The summed E-state index contributed by atoms with van der Waals surface area (Å²) >= 11 is 0. The zero-order chi connectivity index (χ0) is 17.1. The maximum absolute atomic E-state index is 8.87. The molecule has 0 N–H and O–H groups in total. The summed E-state index contributed by atoms with van der Waals surface area (Å²) < 4.78 is 1.90. The summed E-state index contributed by atoms with van der Waals surface area (Å²) in [4.78, 5) is 17.7. The molecule has 0 bridgehead atoms. The summed E-state index contributed by atoms with van der Waals surface area (Å²) in [6, 6.07) is 11.8. The van der Waals surface area contributed by atoms with Crippen LogP contribution in [0.5, 0.6) is 0 Å². The Morgan fingerprint density at radius 1 is 0.920 bits per heavy atom. The third-order valence-electron chi connectivity index (χ3n) is 4.29. The van der Waals surface area contributed by atoms with Crippen molar-refractivity contribution in [1.29, 1.82) is 5.26 Å². The van der Waals surface area contributed by atoms with Crippen LogP contribution in [-0.4, -0.2) is 45.7 Å². The first kappa shape index (κ1) is 15.1. The molecule has 0 aromatic carbocycles. The summed E-state index contributed by atoms with van der Waals surface area (Å²) in [5, 5.41) is 8.87. The Balaban J connectivity index is 1.45. The van der Waals surface area contributed by atoms with Crippen molar-refractivity contribution < 1.29 is 0 Å². The van der Waals surface area contributed by atoms with Crippen LogP contribution in [0.25, 0.3) is 5.82 Å². The summed E-state index contributed by atoms with van der Waals surface area (Å²) in [6.45, 7) is 3.50. The lowest BCUT2D eigenvalue weighted by Crippen LogP contribution is -2.47. The van der Waals surface area contributed by atoms with Crippen LogP contribution in [0.2, 0.25) is 0 Å². The Morgan fingerprint density at radius 3 is 2.32 bits per heavy atom. The Kier molecular flexibility index (Phi) is 4.01. The number of rotatable bonds is 3. The van der Waals surface area contributed by atoms with E-state index in [0.717, 1.165) is 43.6 Å². The summed E-state index contributed by atoms with van der Waals surface area (Å²) in [5.74, 6) is 2.75. The third kappa shape index (κ3) is 3.15. The minimum Gasteiger partial charge on any atom is -0.353 e. The van der Waals surface area contributed by atoms with Crippen molar-refractivity contribution in [2.75, 3.05) is 36.0 Å². The molecule has 3 aromatic heterocycles. The lowest BCUT2D eigenvalue weighted by Gasteiger charge is -2.36. The molecule has 1 aliphatic heterocycles. The molecule has 0 amide bonds. The molecule has 1 saturated heterocycles. The normalized spacial score (nSPS) is 14.4. The molecule has 0 atom stereocenters. The Labute approximate surface area is 145 Å². The van der Waals surface area contributed by atoms with Gasteiger partial charge in [-0.15, -0.1) is 0 Å². The maximum Gasteiger partial charge on any atom is 0.140 e. The van der Waals surface area contributed by atoms with Gasteiger partial charge in [0.05, 0.1) is 5.56 Å². The second-order valence-corrected chi connectivity index (χ2v) is 5.81. The van der Waals surface area contributed by atoms with E-state index in [-0.39, 0.29) is 0 Å². The van der Waals surface area contributed by atoms with Gasteiger partial charge in [-0.2, -0.15) is 5.26 Å². The molecule has 4 rings (SSSR count). The molecular weight excluding hydrogens is 314 g/mol. The summed E-state index contributed by atoms with van der Waals surface area (Å²) in [6.07, 6.45) is 7.01. The molecule has 1 fully saturated rings. The standard InChI is InChI=1S/C18H17N7/c19-12-15-4-5-16(21-13-15)23-8-10-24(11-9-23)17-2-1-3-18(22-17)25-7-6-20-14-25/h1-7,13-14H,8-11H2. The quantitative estimate of drug-likeness (QED) is 0.729. The van der Waals surface area contributed by atoms with Crippen molar-refractivity contribution in [1.82, 2.24) is 19.5 Å². The molecule has 4 heterocycles. The highest BCUT2D eigenvalue weighted by Crippen LogP contribution is 2.19. The first-order chi connectivity index (χ1) is 12.3. The van der Waals surface area contributed by atoms with Crippen LogP contribution >= 0.6 is 0 Å². The van der Waals surface area contributed by atoms with Gasteiger partial charge in [0.1, 0.15) is 29.9 Å². The zero-order valence-electron chi connectivity index (χ0n) is 13.7. The van der Waals surface area contributed by atoms with Gasteiger partial charge in [-0.25, -0.2) is 15.0 Å². The van der Waals surface area contributed by atoms with Crippen LogP contribution in [0.3, 0.4) is 0 Å². The molecule has 0 radical (unpaired) electrons. The summed E-state index contributed by atoms with van der Waals surface area (Å²) in [5.41, 5.74) is 0.586. The molecule has 0 unspecified atom stereocenters. The third-order valence-corrected chi connectivity index (χ3v) is 4.29. The molecule has 3 aromatic rings. The fourth-order valence-corrected chi connectivity index (χ4v) is 2.93. The fourth-order valence-electron chi connectivity index (χ4n) is 2.93. The largest absolute Gasteiger partial charge is 0.353 e. The van der Waals surface area contributed by atoms with Gasteiger partial charge in [-0.05, 0) is 24.3 Å². The molecular formula is C18H17N7. The number of hydrogen-bond donors (Lipinski definition) is 0. The Morgan fingerprint density at radius 2 is 1.68 bits per heavy atom. The monoisotopic (exact) mass is 331 g/mol. The predicted molar refractivity (Wildman–Crippen MR) is 94.7 cm³/mol. The number of pyridine rings is 2. The van der Waals surface area contributed by atoms with Gasteiger partial charge < -0.3 is 9.80 Å². The van der Waals surface area contributed by atoms with Gasteiger partial charge in [0.15, 0.2) is 0 Å². The highest BCUT2D eigenvalue weighted by Gasteiger charge is 2.19. The zero-order valence-corrected chi connectivity index (χ0v) is 13.7. The molecule has 0 spiro atoms. The minimum absolute atomic E-state index is 0.586. The van der Waals surface area contributed by atoms with Crippen molar-refractivity contribution in [3.05, 3.63) is 60.8 Å². The molecule has 1 aliphatic rings. The van der Waals surface area contributed by atoms with Crippen LogP contribution in [-0.2, 0) is 0 Å². The van der Waals surface area contributed by atoms with Gasteiger partial charge in [0.25, 0.3) is 0 Å². The molecule has 7 nitrogen and oxygen atoms in total. The number of piperazine rings is 1. The predicted octanol–water partition coefficient (Wildman–Crippen LogP) is 1.86. The van der Waals surface area contributed by atoms with Crippen LogP contribution in [0.4, 0.5) is 11.6 Å². The lowest BCUT2D eigenvalue weighted by atomic mass is 10.2. The molecule has 7 heteroatoms. The first-order valence-electron chi connectivity index (χ1n) is 8.15. The van der Waals surface area contributed by atoms with E-state index >= 15 is 0 Å². The number of hydrogen-bond acceptors (Lipinski definition) is 6. The van der Waals surface area contributed by atoms with Gasteiger partial charge in [0.2, 0.25) is 0 Å². The highest BCUT2D eigenvalue weighted by molar-refractivity contribution is 5.47. The van der Waals surface area contributed by atoms with E-state index in [0.29, 0.717) is 5.56 Å². The molecule has 0 aliphatic carbocycles. The van der Waals surface area contributed by atoms with Crippen LogP contribution < -0.4 is 9.80 Å². The minimum atomic E-state index is 0.586. The molecule has 0 saturated carbocycles. The first-order valence-corrected chi connectivity index (χ1v) is 8.15. The molecule has 124 valence electrons. The van der Waals surface area contributed by atoms with Gasteiger partial charge >= 0.3 is 0 Å². The van der Waals surface area contributed by atoms with Crippen molar-refractivity contribution in [2.24, 2.45) is 0 Å². The second kappa shape index (κ2) is 6.61. The van der Waals surface area contributed by atoms with Crippen LogP contribution in [0.1, 0.15) is 5.56 Å². The Hall–Kier alpha value is -3.40. The van der Waals surface area contributed by atoms with Crippen LogP contribution in [0, 0.1) is 11.3 Å². The average Bonchev–Trinajstić information content (AvgIpc) is 3.23.